The molecule has 0 radical (unpaired) electrons. The van der Waals surface area contributed by atoms with Crippen molar-refractivity contribution < 1.29 is 42.9 Å². The van der Waals surface area contributed by atoms with Crippen molar-refractivity contribution in [3.05, 3.63) is 47.5 Å². The molecule has 0 aromatic heterocycles. The van der Waals surface area contributed by atoms with Gasteiger partial charge in [0.05, 0.1) is 26.9 Å². The normalized spacial score (nSPS) is 19.5. The maximum Gasteiger partial charge on any atom is 0.505 e. The van der Waals surface area contributed by atoms with E-state index in [1.54, 1.807) is 36.4 Å². The van der Waals surface area contributed by atoms with Gasteiger partial charge in [-0.3, -0.25) is 4.79 Å². The smallest absolute Gasteiger partial charge is 0.497 e. The predicted molar refractivity (Wildman–Crippen MR) is 111 cm³/mol. The third-order valence-corrected chi connectivity index (χ3v) is 5.82. The van der Waals surface area contributed by atoms with E-state index in [9.17, 15) is 9.36 Å². The standard InChI is InChI=1S/C21H25O9P/c1-21(2)18(12-6-8-16(28-5)17(10-12)29-30-31(23,24)25)19(21)20(22)14-11-13(26-3)7-9-15(14)27-4/h6-11,18-19H,1-5H3,(H2,23,24,25). The van der Waals surface area contributed by atoms with Gasteiger partial charge in [-0.05, 0) is 41.3 Å². The van der Waals surface area contributed by atoms with E-state index >= 15 is 0 Å². The Morgan fingerprint density at radius 1 is 0.935 bits per heavy atom. The summed E-state index contributed by atoms with van der Waals surface area (Å²) >= 11 is 0. The van der Waals surface area contributed by atoms with Gasteiger partial charge < -0.3 is 28.9 Å². The molecule has 10 heteroatoms. The fourth-order valence-corrected chi connectivity index (χ4v) is 4.14. The largest absolute Gasteiger partial charge is 0.505 e. The summed E-state index contributed by atoms with van der Waals surface area (Å²) in [5.74, 6) is 0.631. The molecule has 1 fully saturated rings. The molecule has 168 valence electrons. The minimum atomic E-state index is -4.85. The number of phosphoric acid groups is 1. The number of carbonyl (C=O) groups is 1. The van der Waals surface area contributed by atoms with Gasteiger partial charge in [-0.2, -0.15) is 0 Å². The van der Waals surface area contributed by atoms with Gasteiger partial charge in [-0.25, -0.2) is 4.57 Å². The maximum atomic E-state index is 13.4. The van der Waals surface area contributed by atoms with Crippen LogP contribution in [0, 0.1) is 11.3 Å². The van der Waals surface area contributed by atoms with Gasteiger partial charge in [0.2, 0.25) is 5.75 Å². The quantitative estimate of drug-likeness (QED) is 0.254. The molecule has 3 rings (SSSR count). The molecule has 2 aromatic rings. The molecule has 0 saturated heterocycles. The van der Waals surface area contributed by atoms with Crippen LogP contribution in [0.2, 0.25) is 0 Å². The average Bonchev–Trinajstić information content (AvgIpc) is 3.32. The Morgan fingerprint density at radius 2 is 1.58 bits per heavy atom. The van der Waals surface area contributed by atoms with E-state index in [0.29, 0.717) is 17.1 Å². The van der Waals surface area contributed by atoms with Crippen molar-refractivity contribution in [3.8, 4) is 23.0 Å². The third kappa shape index (κ3) is 4.70. The summed E-state index contributed by atoms with van der Waals surface area (Å²) in [7, 11) is -0.434. The molecule has 2 aromatic carbocycles. The van der Waals surface area contributed by atoms with Crippen LogP contribution in [-0.4, -0.2) is 36.9 Å². The first-order chi connectivity index (χ1) is 14.5. The highest BCUT2D eigenvalue weighted by Gasteiger charge is 2.62. The van der Waals surface area contributed by atoms with Gasteiger partial charge in [0.15, 0.2) is 11.5 Å². The topological polar surface area (TPSA) is 121 Å². The van der Waals surface area contributed by atoms with E-state index in [2.05, 4.69) is 4.67 Å². The zero-order valence-electron chi connectivity index (χ0n) is 17.8. The summed E-state index contributed by atoms with van der Waals surface area (Å²) in [4.78, 5) is 36.0. The van der Waals surface area contributed by atoms with Crippen molar-refractivity contribution in [3.63, 3.8) is 0 Å². The van der Waals surface area contributed by atoms with E-state index < -0.39 is 7.82 Å². The summed E-state index contributed by atoms with van der Waals surface area (Å²) < 4.78 is 30.9. The van der Waals surface area contributed by atoms with Crippen LogP contribution < -0.4 is 19.1 Å². The minimum absolute atomic E-state index is 0.00353. The number of carbonyl (C=O) groups excluding carboxylic acids is 1. The number of hydrogen-bond acceptors (Lipinski definition) is 7. The summed E-state index contributed by atoms with van der Waals surface area (Å²) in [6.07, 6.45) is 0. The van der Waals surface area contributed by atoms with Crippen molar-refractivity contribution in [2.45, 2.75) is 19.8 Å². The van der Waals surface area contributed by atoms with Crippen molar-refractivity contribution in [2.75, 3.05) is 21.3 Å². The van der Waals surface area contributed by atoms with Gasteiger partial charge >= 0.3 is 7.82 Å². The first-order valence-electron chi connectivity index (χ1n) is 9.39. The van der Waals surface area contributed by atoms with Gasteiger partial charge in [0.25, 0.3) is 0 Å². The van der Waals surface area contributed by atoms with E-state index in [1.807, 2.05) is 13.8 Å². The molecule has 0 spiro atoms. The Labute approximate surface area is 180 Å². The fraction of sp³-hybridized carbons (Fsp3) is 0.381. The number of Topliss-reactive ketones (excluding diaryl/α,β-unsaturated/α-hetero) is 1. The Morgan fingerprint density at radius 3 is 2.16 bits per heavy atom. The second kappa shape index (κ2) is 8.51. The van der Waals surface area contributed by atoms with Crippen LogP contribution in [0.4, 0.5) is 0 Å². The molecule has 0 aliphatic heterocycles. The molecular formula is C21H25O9P. The lowest BCUT2D eigenvalue weighted by Gasteiger charge is -2.12. The Hall–Kier alpha value is -2.58. The lowest BCUT2D eigenvalue weighted by molar-refractivity contribution is -0.124. The van der Waals surface area contributed by atoms with Gasteiger partial charge in [0, 0.05) is 11.8 Å². The van der Waals surface area contributed by atoms with Gasteiger partial charge in [-0.15, -0.1) is 0 Å². The molecule has 2 atom stereocenters. The average molecular weight is 452 g/mol. The zero-order valence-corrected chi connectivity index (χ0v) is 18.7. The molecule has 31 heavy (non-hydrogen) atoms. The first kappa shape index (κ1) is 23.1. The Balaban J connectivity index is 1.93. The SMILES string of the molecule is COc1ccc(OC)c(C(=O)C2C(c3ccc(OC)c(OOP(=O)(O)O)c3)C2(C)C)c1. The molecular weight excluding hydrogens is 427 g/mol. The highest BCUT2D eigenvalue weighted by Crippen LogP contribution is 2.66. The summed E-state index contributed by atoms with van der Waals surface area (Å²) in [6, 6.07) is 10.00. The van der Waals surface area contributed by atoms with Crippen LogP contribution in [0.15, 0.2) is 36.4 Å². The molecule has 2 N–H and O–H groups in total. The predicted octanol–water partition coefficient (Wildman–Crippen LogP) is 3.74. The molecule has 1 saturated carbocycles. The monoisotopic (exact) mass is 452 g/mol. The molecule has 1 aliphatic carbocycles. The van der Waals surface area contributed by atoms with Gasteiger partial charge in [-0.1, -0.05) is 24.6 Å². The number of rotatable bonds is 9. The number of ketones is 1. The highest BCUT2D eigenvalue weighted by molar-refractivity contribution is 7.46. The number of hydrogen-bond donors (Lipinski definition) is 2. The first-order valence-corrected chi connectivity index (χ1v) is 10.9. The van der Waals surface area contributed by atoms with Crippen molar-refractivity contribution in [1.82, 2.24) is 0 Å². The molecule has 0 heterocycles. The fourth-order valence-electron chi connectivity index (χ4n) is 3.96. The van der Waals surface area contributed by atoms with E-state index in [1.165, 1.54) is 21.3 Å². The summed E-state index contributed by atoms with van der Waals surface area (Å²) in [5, 5.41) is 0. The second-order valence-corrected chi connectivity index (χ2v) is 8.90. The second-order valence-electron chi connectivity index (χ2n) is 7.77. The minimum Gasteiger partial charge on any atom is -0.497 e. The van der Waals surface area contributed by atoms with E-state index in [-0.39, 0.29) is 34.5 Å². The van der Waals surface area contributed by atoms with Crippen LogP contribution in [-0.2, 0) is 9.24 Å². The van der Waals surface area contributed by atoms with Crippen molar-refractivity contribution >= 4 is 13.6 Å². The van der Waals surface area contributed by atoms with Crippen LogP contribution in [0.3, 0.4) is 0 Å². The zero-order chi connectivity index (χ0) is 23.0. The third-order valence-electron chi connectivity index (χ3n) is 5.55. The molecule has 1 aliphatic rings. The summed E-state index contributed by atoms with van der Waals surface area (Å²) in [5.41, 5.74) is 0.800. The van der Waals surface area contributed by atoms with Crippen molar-refractivity contribution in [1.29, 1.82) is 0 Å². The van der Waals surface area contributed by atoms with Crippen LogP contribution in [0.1, 0.15) is 35.7 Å². The lowest BCUT2D eigenvalue weighted by atomic mass is 10.0. The summed E-state index contributed by atoms with van der Waals surface area (Å²) in [6.45, 7) is 3.95. The van der Waals surface area contributed by atoms with Crippen LogP contribution >= 0.6 is 7.82 Å². The number of ether oxygens (including phenoxy) is 3. The van der Waals surface area contributed by atoms with E-state index in [0.717, 1.165) is 5.56 Å². The van der Waals surface area contributed by atoms with Crippen LogP contribution in [0.25, 0.3) is 0 Å². The molecule has 9 nitrogen and oxygen atoms in total. The Kier molecular flexibility index (Phi) is 6.34. The van der Waals surface area contributed by atoms with Crippen molar-refractivity contribution in [2.24, 2.45) is 11.3 Å². The Bertz CT molecular complexity index is 1030. The highest BCUT2D eigenvalue weighted by atomic mass is 31.2. The van der Waals surface area contributed by atoms with E-state index in [4.69, 9.17) is 28.9 Å². The lowest BCUT2D eigenvalue weighted by Crippen LogP contribution is -2.09. The van der Waals surface area contributed by atoms with Gasteiger partial charge in [0.1, 0.15) is 11.5 Å². The molecule has 0 bridgehead atoms. The number of benzene rings is 2. The maximum absolute atomic E-state index is 13.4. The molecule has 2 unspecified atom stereocenters. The number of methoxy groups -OCH3 is 3. The molecule has 0 amide bonds. The van der Waals surface area contributed by atoms with Crippen LogP contribution in [0.5, 0.6) is 23.0 Å².